The Morgan fingerprint density at radius 2 is 1.89 bits per heavy atom. The molecule has 1 aliphatic heterocycles. The molecule has 0 bridgehead atoms. The van der Waals surface area contributed by atoms with Crippen LogP contribution < -0.4 is 15.9 Å². The highest BCUT2D eigenvalue weighted by Gasteiger charge is 2.29. The lowest BCUT2D eigenvalue weighted by molar-refractivity contribution is -0.140. The molecule has 5 rings (SSSR count). The topological polar surface area (TPSA) is 117 Å². The first-order chi connectivity index (χ1) is 17.2. The van der Waals surface area contributed by atoms with Crippen molar-refractivity contribution in [1.29, 1.82) is 0 Å². The number of hydrogen-bond acceptors (Lipinski definition) is 5. The number of aromatic nitrogens is 3. The molecule has 8 heteroatoms. The van der Waals surface area contributed by atoms with Crippen LogP contribution in [-0.2, 0) is 22.4 Å². The van der Waals surface area contributed by atoms with E-state index in [-0.39, 0.29) is 23.1 Å². The van der Waals surface area contributed by atoms with Gasteiger partial charge in [-0.05, 0) is 61.4 Å². The summed E-state index contributed by atoms with van der Waals surface area (Å²) in [7, 11) is 1.29. The highest BCUT2D eigenvalue weighted by atomic mass is 16.5. The van der Waals surface area contributed by atoms with Crippen molar-refractivity contribution in [1.82, 2.24) is 15.2 Å². The summed E-state index contributed by atoms with van der Waals surface area (Å²) in [5.74, 6) is -0.408. The Morgan fingerprint density at radius 1 is 1.08 bits per heavy atom. The van der Waals surface area contributed by atoms with Crippen molar-refractivity contribution in [2.24, 2.45) is 0 Å². The van der Waals surface area contributed by atoms with Gasteiger partial charge in [0.25, 0.3) is 11.1 Å². The Morgan fingerprint density at radius 3 is 2.69 bits per heavy atom. The SMILES string of the molecule is COC(=O)C[C@H](c1cc2ccccc2[nH]c1=O)c1c(Cc2ccc3c(c2)CCC(C)(C)O3)[nH][nH]c1=O. The Hall–Kier alpha value is -4.07. The van der Waals surface area contributed by atoms with Crippen LogP contribution in [0.4, 0.5) is 0 Å². The molecule has 0 saturated carbocycles. The molecule has 0 aliphatic carbocycles. The number of aryl methyl sites for hydroxylation is 1. The van der Waals surface area contributed by atoms with E-state index in [1.165, 1.54) is 7.11 Å². The molecule has 2 aromatic carbocycles. The monoisotopic (exact) mass is 487 g/mol. The van der Waals surface area contributed by atoms with Crippen LogP contribution in [-0.4, -0.2) is 33.9 Å². The number of carbonyl (C=O) groups excluding carboxylic acids is 1. The Kier molecular flexibility index (Phi) is 6.04. The van der Waals surface area contributed by atoms with Gasteiger partial charge in [0, 0.05) is 34.7 Å². The fourth-order valence-corrected chi connectivity index (χ4v) is 4.98. The van der Waals surface area contributed by atoms with Crippen LogP contribution in [0, 0.1) is 0 Å². The third kappa shape index (κ3) is 4.58. The molecular formula is C28H29N3O5. The largest absolute Gasteiger partial charge is 0.488 e. The number of para-hydroxylation sites is 1. The minimum absolute atomic E-state index is 0.140. The Labute approximate surface area is 207 Å². The number of carbonyl (C=O) groups is 1. The van der Waals surface area contributed by atoms with Crippen molar-refractivity contribution in [2.45, 2.75) is 51.0 Å². The Balaban J connectivity index is 1.56. The van der Waals surface area contributed by atoms with Gasteiger partial charge in [-0.25, -0.2) is 0 Å². The van der Waals surface area contributed by atoms with E-state index < -0.39 is 11.9 Å². The maximum atomic E-state index is 13.1. The zero-order valence-electron chi connectivity index (χ0n) is 20.6. The normalized spacial score (nSPS) is 15.2. The number of ether oxygens (including phenoxy) is 2. The second-order valence-electron chi connectivity index (χ2n) is 9.93. The lowest BCUT2D eigenvalue weighted by Gasteiger charge is -2.32. The van der Waals surface area contributed by atoms with E-state index in [1.54, 1.807) is 6.07 Å². The summed E-state index contributed by atoms with van der Waals surface area (Å²) in [4.78, 5) is 41.4. The van der Waals surface area contributed by atoms with Crippen LogP contribution in [0.1, 0.15) is 60.6 Å². The van der Waals surface area contributed by atoms with E-state index in [9.17, 15) is 14.4 Å². The molecule has 1 aliphatic rings. The summed E-state index contributed by atoms with van der Waals surface area (Å²) < 4.78 is 11.0. The fourth-order valence-electron chi connectivity index (χ4n) is 4.98. The molecule has 3 heterocycles. The quantitative estimate of drug-likeness (QED) is 0.356. The first-order valence-electron chi connectivity index (χ1n) is 12.0. The molecule has 36 heavy (non-hydrogen) atoms. The fraction of sp³-hybridized carbons (Fsp3) is 0.321. The number of pyridine rings is 1. The summed E-state index contributed by atoms with van der Waals surface area (Å²) in [6.07, 6.45) is 2.11. The van der Waals surface area contributed by atoms with Gasteiger partial charge in [0.1, 0.15) is 11.4 Å². The molecule has 0 spiro atoms. The van der Waals surface area contributed by atoms with Crippen LogP contribution in [0.15, 0.2) is 58.1 Å². The van der Waals surface area contributed by atoms with Crippen LogP contribution in [0.5, 0.6) is 5.75 Å². The number of nitrogens with one attached hydrogen (secondary N) is 3. The summed E-state index contributed by atoms with van der Waals surface area (Å²) in [6.45, 7) is 4.16. The van der Waals surface area contributed by atoms with Crippen LogP contribution in [0.3, 0.4) is 0 Å². The average Bonchev–Trinajstić information content (AvgIpc) is 3.21. The molecule has 0 saturated heterocycles. The number of esters is 1. The minimum atomic E-state index is -0.780. The van der Waals surface area contributed by atoms with Crippen molar-refractivity contribution in [3.8, 4) is 5.75 Å². The van der Waals surface area contributed by atoms with Crippen molar-refractivity contribution in [3.63, 3.8) is 0 Å². The number of H-pyrrole nitrogens is 3. The van der Waals surface area contributed by atoms with Gasteiger partial charge < -0.3 is 19.6 Å². The van der Waals surface area contributed by atoms with Crippen molar-refractivity contribution in [3.05, 3.63) is 97.2 Å². The van der Waals surface area contributed by atoms with E-state index in [1.807, 2.05) is 36.4 Å². The second kappa shape index (κ2) is 9.18. The van der Waals surface area contributed by atoms with E-state index in [0.29, 0.717) is 28.8 Å². The lowest BCUT2D eigenvalue weighted by Crippen LogP contribution is -2.32. The third-order valence-electron chi connectivity index (χ3n) is 6.89. The summed E-state index contributed by atoms with van der Waals surface area (Å²) in [5, 5.41) is 6.45. The van der Waals surface area contributed by atoms with Crippen molar-refractivity contribution in [2.75, 3.05) is 7.11 Å². The number of methoxy groups -OCH3 is 1. The molecule has 3 N–H and O–H groups in total. The van der Waals surface area contributed by atoms with Crippen LogP contribution in [0.25, 0.3) is 10.9 Å². The van der Waals surface area contributed by atoms with Crippen molar-refractivity contribution < 1.29 is 14.3 Å². The smallest absolute Gasteiger partial charge is 0.306 e. The van der Waals surface area contributed by atoms with Gasteiger partial charge in [0.2, 0.25) is 0 Å². The molecule has 8 nitrogen and oxygen atoms in total. The van der Waals surface area contributed by atoms with Gasteiger partial charge in [-0.1, -0.05) is 30.3 Å². The number of benzene rings is 2. The van der Waals surface area contributed by atoms with Gasteiger partial charge in [0.15, 0.2) is 0 Å². The molecular weight excluding hydrogens is 458 g/mol. The second-order valence-corrected chi connectivity index (χ2v) is 9.93. The average molecular weight is 488 g/mol. The third-order valence-corrected chi connectivity index (χ3v) is 6.89. The van der Waals surface area contributed by atoms with Crippen LogP contribution in [0.2, 0.25) is 0 Å². The lowest BCUT2D eigenvalue weighted by atomic mass is 9.87. The summed E-state index contributed by atoms with van der Waals surface area (Å²) in [6, 6.07) is 15.2. The molecule has 4 aromatic rings. The minimum Gasteiger partial charge on any atom is -0.488 e. The van der Waals surface area contributed by atoms with E-state index in [0.717, 1.165) is 35.1 Å². The van der Waals surface area contributed by atoms with Crippen molar-refractivity contribution >= 4 is 16.9 Å². The van der Waals surface area contributed by atoms with E-state index >= 15 is 0 Å². The molecule has 2 aromatic heterocycles. The van der Waals surface area contributed by atoms with Gasteiger partial charge in [-0.15, -0.1) is 0 Å². The summed E-state index contributed by atoms with van der Waals surface area (Å²) in [5.41, 5.74) is 3.23. The zero-order chi connectivity index (χ0) is 25.4. The van der Waals surface area contributed by atoms with Gasteiger partial charge in [-0.2, -0.15) is 0 Å². The van der Waals surface area contributed by atoms with Gasteiger partial charge in [0.05, 0.1) is 13.5 Å². The number of hydrogen-bond donors (Lipinski definition) is 3. The maximum Gasteiger partial charge on any atom is 0.306 e. The highest BCUT2D eigenvalue weighted by molar-refractivity contribution is 5.79. The first-order valence-corrected chi connectivity index (χ1v) is 12.0. The maximum absolute atomic E-state index is 13.1. The first kappa shape index (κ1) is 23.7. The molecule has 1 atom stereocenters. The molecule has 0 radical (unpaired) electrons. The number of aromatic amines is 3. The number of fused-ring (bicyclic) bond motifs is 2. The van der Waals surface area contributed by atoms with Gasteiger partial charge >= 0.3 is 5.97 Å². The standard InChI is InChI=1S/C28H29N3O5/c1-28(2)11-10-18-12-16(8-9-23(18)36-28)13-22-25(27(34)31-30-22)19(15-24(32)35-3)20-14-17-6-4-5-7-21(17)29-26(20)33/h4-9,12,14,19H,10-11,13,15H2,1-3H3,(H,29,33)(H2,30,31,34)/t19-/m1/s1. The van der Waals surface area contributed by atoms with Crippen LogP contribution >= 0.6 is 0 Å². The number of rotatable bonds is 6. The van der Waals surface area contributed by atoms with E-state index in [4.69, 9.17) is 9.47 Å². The molecule has 186 valence electrons. The predicted molar refractivity (Wildman–Crippen MR) is 137 cm³/mol. The molecule has 0 fully saturated rings. The van der Waals surface area contributed by atoms with E-state index in [2.05, 4.69) is 35.1 Å². The molecule has 0 amide bonds. The van der Waals surface area contributed by atoms with Gasteiger partial charge in [-0.3, -0.25) is 19.5 Å². The zero-order valence-corrected chi connectivity index (χ0v) is 20.6. The highest BCUT2D eigenvalue weighted by Crippen LogP contribution is 2.34. The molecule has 0 unspecified atom stereocenters. The summed E-state index contributed by atoms with van der Waals surface area (Å²) >= 11 is 0. The Bertz CT molecular complexity index is 1560. The predicted octanol–water partition coefficient (Wildman–Crippen LogP) is 3.93.